The molecule has 0 aliphatic heterocycles. The fraction of sp³-hybridized carbons (Fsp3) is 0.208. The van der Waals surface area contributed by atoms with E-state index >= 15 is 0 Å². The summed E-state index contributed by atoms with van der Waals surface area (Å²) in [5, 5.41) is 2.89. The van der Waals surface area contributed by atoms with Gasteiger partial charge in [-0.2, -0.15) is 0 Å². The van der Waals surface area contributed by atoms with Gasteiger partial charge in [0.1, 0.15) is 18.1 Å². The Labute approximate surface area is 165 Å². The van der Waals surface area contributed by atoms with Crippen LogP contribution in [-0.4, -0.2) is 11.9 Å². The van der Waals surface area contributed by atoms with E-state index in [1.54, 1.807) is 6.26 Å². The van der Waals surface area contributed by atoms with Gasteiger partial charge in [0.2, 0.25) is 5.91 Å². The quantitative estimate of drug-likeness (QED) is 0.655. The lowest BCUT2D eigenvalue weighted by molar-refractivity contribution is -0.119. The normalized spacial score (nSPS) is 11.2. The van der Waals surface area contributed by atoms with Crippen molar-refractivity contribution in [1.82, 2.24) is 5.32 Å². The van der Waals surface area contributed by atoms with E-state index in [9.17, 15) is 4.79 Å². The van der Waals surface area contributed by atoms with Crippen molar-refractivity contribution in [2.24, 2.45) is 0 Å². The Kier molecular flexibility index (Phi) is 6.54. The number of benzene rings is 2. The van der Waals surface area contributed by atoms with Gasteiger partial charge in [0.25, 0.3) is 0 Å². The molecule has 1 N–H and O–H groups in total. The molecule has 1 amide bonds. The molecular formula is C24H23NO3. The minimum Gasteiger partial charge on any atom is -0.486 e. The van der Waals surface area contributed by atoms with Crippen molar-refractivity contribution in [1.29, 1.82) is 0 Å². The summed E-state index contributed by atoms with van der Waals surface area (Å²) in [6.07, 6.45) is 2.43. The van der Waals surface area contributed by atoms with Crippen LogP contribution in [-0.2, 0) is 17.8 Å². The predicted molar refractivity (Wildman–Crippen MR) is 109 cm³/mol. The van der Waals surface area contributed by atoms with Gasteiger partial charge in [-0.05, 0) is 67.4 Å². The molecule has 0 fully saturated rings. The molecule has 0 bridgehead atoms. The zero-order chi connectivity index (χ0) is 19.8. The summed E-state index contributed by atoms with van der Waals surface area (Å²) in [5.74, 6) is 7.90. The maximum Gasteiger partial charge on any atom is 0.217 e. The SMILES string of the molecule is CC(=O)NC(C)Cc1ccc(C#Cc2ccc(OCc3ccco3)cc2)cc1. The third-order valence-corrected chi connectivity index (χ3v) is 4.11. The maximum atomic E-state index is 11.1. The average Bonchev–Trinajstić information content (AvgIpc) is 3.20. The van der Waals surface area contributed by atoms with Crippen LogP contribution in [0.15, 0.2) is 71.3 Å². The molecule has 0 spiro atoms. The van der Waals surface area contributed by atoms with E-state index in [0.29, 0.717) is 6.61 Å². The average molecular weight is 373 g/mol. The maximum absolute atomic E-state index is 11.1. The molecule has 0 saturated carbocycles. The number of furan rings is 1. The summed E-state index contributed by atoms with van der Waals surface area (Å²) in [7, 11) is 0. The molecule has 28 heavy (non-hydrogen) atoms. The standard InChI is InChI=1S/C24H23NO3/c1-18(25-19(2)26)16-22-9-7-20(8-10-22)5-6-21-11-13-23(14-12-21)28-17-24-4-3-15-27-24/h3-4,7-15,18H,16-17H2,1-2H3,(H,25,26). The minimum absolute atomic E-state index is 0.00706. The number of ether oxygens (including phenoxy) is 1. The molecule has 0 saturated heterocycles. The molecule has 4 heteroatoms. The van der Waals surface area contributed by atoms with Gasteiger partial charge < -0.3 is 14.5 Å². The first-order valence-electron chi connectivity index (χ1n) is 9.22. The van der Waals surface area contributed by atoms with Gasteiger partial charge in [-0.25, -0.2) is 0 Å². The van der Waals surface area contributed by atoms with Crippen LogP contribution in [0.4, 0.5) is 0 Å². The summed E-state index contributed by atoms with van der Waals surface area (Å²) in [6, 6.07) is 19.6. The molecule has 3 rings (SSSR count). The second-order valence-electron chi connectivity index (χ2n) is 6.65. The topological polar surface area (TPSA) is 51.5 Å². The van der Waals surface area contributed by atoms with Gasteiger partial charge in [0.15, 0.2) is 0 Å². The first kappa shape index (κ1) is 19.3. The molecule has 0 radical (unpaired) electrons. The molecule has 1 unspecified atom stereocenters. The van der Waals surface area contributed by atoms with Crippen molar-refractivity contribution in [3.05, 3.63) is 89.4 Å². The zero-order valence-corrected chi connectivity index (χ0v) is 16.1. The second kappa shape index (κ2) is 9.48. The van der Waals surface area contributed by atoms with Crippen molar-refractivity contribution in [3.8, 4) is 17.6 Å². The molecule has 1 aromatic heterocycles. The van der Waals surface area contributed by atoms with Crippen molar-refractivity contribution in [2.75, 3.05) is 0 Å². The highest BCUT2D eigenvalue weighted by Gasteiger charge is 2.04. The zero-order valence-electron chi connectivity index (χ0n) is 16.1. The largest absolute Gasteiger partial charge is 0.486 e. The Morgan fingerprint density at radius 3 is 2.25 bits per heavy atom. The van der Waals surface area contributed by atoms with Crippen LogP contribution >= 0.6 is 0 Å². The van der Waals surface area contributed by atoms with Gasteiger partial charge >= 0.3 is 0 Å². The number of carbonyl (C=O) groups is 1. The summed E-state index contributed by atoms with van der Waals surface area (Å²) in [5.41, 5.74) is 3.05. The highest BCUT2D eigenvalue weighted by Crippen LogP contribution is 2.14. The number of rotatable bonds is 6. The first-order valence-corrected chi connectivity index (χ1v) is 9.22. The number of hydrogen-bond donors (Lipinski definition) is 1. The lowest BCUT2D eigenvalue weighted by Crippen LogP contribution is -2.31. The summed E-state index contributed by atoms with van der Waals surface area (Å²) >= 11 is 0. The minimum atomic E-state index is -0.00706. The smallest absolute Gasteiger partial charge is 0.217 e. The number of amides is 1. The predicted octanol–water partition coefficient (Wildman–Crippen LogP) is 4.33. The van der Waals surface area contributed by atoms with Crippen LogP contribution in [0, 0.1) is 11.8 Å². The molecular weight excluding hydrogens is 350 g/mol. The van der Waals surface area contributed by atoms with Gasteiger partial charge in [0, 0.05) is 24.1 Å². The van der Waals surface area contributed by atoms with E-state index in [1.165, 1.54) is 12.5 Å². The molecule has 1 atom stereocenters. The number of nitrogens with one attached hydrogen (secondary N) is 1. The fourth-order valence-electron chi connectivity index (χ4n) is 2.80. The van der Waals surface area contributed by atoms with Crippen LogP contribution in [0.3, 0.4) is 0 Å². The highest BCUT2D eigenvalue weighted by molar-refractivity contribution is 5.73. The van der Waals surface area contributed by atoms with Crippen LogP contribution in [0.25, 0.3) is 0 Å². The van der Waals surface area contributed by atoms with Crippen molar-refractivity contribution < 1.29 is 13.9 Å². The molecule has 3 aromatic rings. The monoisotopic (exact) mass is 373 g/mol. The van der Waals surface area contributed by atoms with Crippen LogP contribution in [0.2, 0.25) is 0 Å². The van der Waals surface area contributed by atoms with Gasteiger partial charge in [0.05, 0.1) is 6.26 Å². The molecule has 0 aliphatic carbocycles. The van der Waals surface area contributed by atoms with Crippen LogP contribution in [0.1, 0.15) is 36.3 Å². The van der Waals surface area contributed by atoms with Crippen molar-refractivity contribution >= 4 is 5.91 Å². The van der Waals surface area contributed by atoms with E-state index in [4.69, 9.17) is 9.15 Å². The Hall–Kier alpha value is -3.45. The Bertz CT molecular complexity index is 946. The van der Waals surface area contributed by atoms with E-state index in [1.807, 2.05) is 67.6 Å². The third kappa shape index (κ3) is 6.07. The Morgan fingerprint density at radius 2 is 1.68 bits per heavy atom. The van der Waals surface area contributed by atoms with E-state index in [-0.39, 0.29) is 11.9 Å². The van der Waals surface area contributed by atoms with E-state index < -0.39 is 0 Å². The van der Waals surface area contributed by atoms with Crippen molar-refractivity contribution in [2.45, 2.75) is 32.9 Å². The second-order valence-corrected chi connectivity index (χ2v) is 6.65. The van der Waals surface area contributed by atoms with E-state index in [2.05, 4.69) is 17.2 Å². The lowest BCUT2D eigenvalue weighted by atomic mass is 10.0. The molecule has 2 aromatic carbocycles. The molecule has 4 nitrogen and oxygen atoms in total. The Balaban J connectivity index is 1.54. The van der Waals surface area contributed by atoms with E-state index in [0.717, 1.165) is 29.1 Å². The molecule has 142 valence electrons. The van der Waals surface area contributed by atoms with Crippen LogP contribution < -0.4 is 10.1 Å². The van der Waals surface area contributed by atoms with Gasteiger partial charge in [-0.15, -0.1) is 0 Å². The van der Waals surface area contributed by atoms with Crippen LogP contribution in [0.5, 0.6) is 5.75 Å². The first-order chi connectivity index (χ1) is 13.6. The van der Waals surface area contributed by atoms with Crippen molar-refractivity contribution in [3.63, 3.8) is 0 Å². The number of hydrogen-bond acceptors (Lipinski definition) is 3. The van der Waals surface area contributed by atoms with Gasteiger partial charge in [-0.1, -0.05) is 24.0 Å². The fourth-order valence-corrected chi connectivity index (χ4v) is 2.80. The third-order valence-electron chi connectivity index (χ3n) is 4.11. The number of carbonyl (C=O) groups excluding carboxylic acids is 1. The summed E-state index contributed by atoms with van der Waals surface area (Å²) in [6.45, 7) is 3.94. The lowest BCUT2D eigenvalue weighted by Gasteiger charge is -2.12. The molecule has 0 aliphatic rings. The highest BCUT2D eigenvalue weighted by atomic mass is 16.5. The molecule has 1 heterocycles. The van der Waals surface area contributed by atoms with Gasteiger partial charge in [-0.3, -0.25) is 4.79 Å². The Morgan fingerprint density at radius 1 is 1.04 bits per heavy atom. The summed E-state index contributed by atoms with van der Waals surface area (Å²) in [4.78, 5) is 11.1. The summed E-state index contributed by atoms with van der Waals surface area (Å²) < 4.78 is 10.9.